The number of hydrogen-bond acceptors (Lipinski definition) is 6. The molecule has 2 aliphatic rings. The normalized spacial score (nSPS) is 20.9. The molecule has 1 aromatic carbocycles. The van der Waals surface area contributed by atoms with Crippen molar-refractivity contribution in [3.05, 3.63) is 30.3 Å². The van der Waals surface area contributed by atoms with E-state index < -0.39 is 17.6 Å². The quantitative estimate of drug-likeness (QED) is 0.824. The smallest absolute Gasteiger partial charge is 0.354 e. The summed E-state index contributed by atoms with van der Waals surface area (Å²) in [6.45, 7) is 1.97. The van der Waals surface area contributed by atoms with Gasteiger partial charge in [-0.15, -0.1) is 0 Å². The molecule has 1 aromatic rings. The van der Waals surface area contributed by atoms with E-state index in [0.29, 0.717) is 18.5 Å². The fraction of sp³-hybridized carbons (Fsp3) is 0.444. The van der Waals surface area contributed by atoms with Crippen molar-refractivity contribution in [1.29, 1.82) is 5.26 Å². The average Bonchev–Trinajstić information content (AvgIpc) is 3.04. The first-order valence-corrected chi connectivity index (χ1v) is 8.41. The first-order chi connectivity index (χ1) is 12.1. The van der Waals surface area contributed by atoms with E-state index in [2.05, 4.69) is 16.5 Å². The highest BCUT2D eigenvalue weighted by Gasteiger charge is 2.43. The molecule has 1 aliphatic carbocycles. The minimum absolute atomic E-state index is 0.154. The lowest BCUT2D eigenvalue weighted by Crippen LogP contribution is -2.57. The van der Waals surface area contributed by atoms with Gasteiger partial charge < -0.3 is 10.1 Å². The number of ether oxygens (including phenoxy) is 1. The standard InChI is InChI=1S/C18H20N4O3/c1-2-25-17(24)14-11-15(16(23)20-18(12-19)9-6-10-18)22(21-14)13-7-4-3-5-8-13/h3-5,7-8,15H,2,6,9-11H2,1H3,(H,20,23). The zero-order chi connectivity index (χ0) is 17.9. The molecule has 0 radical (unpaired) electrons. The lowest BCUT2D eigenvalue weighted by Gasteiger charge is -2.37. The van der Waals surface area contributed by atoms with E-state index in [1.807, 2.05) is 30.3 Å². The van der Waals surface area contributed by atoms with Crippen LogP contribution in [-0.4, -0.2) is 35.8 Å². The molecule has 1 heterocycles. The van der Waals surface area contributed by atoms with Gasteiger partial charge in [-0.05, 0) is 38.3 Å². The summed E-state index contributed by atoms with van der Waals surface area (Å²) in [6, 6.07) is 10.7. The Morgan fingerprint density at radius 1 is 1.40 bits per heavy atom. The van der Waals surface area contributed by atoms with Gasteiger partial charge in [0, 0.05) is 6.42 Å². The Kier molecular flexibility index (Phi) is 4.70. The molecule has 1 N–H and O–H groups in total. The zero-order valence-electron chi connectivity index (χ0n) is 14.1. The van der Waals surface area contributed by atoms with Crippen molar-refractivity contribution < 1.29 is 14.3 Å². The largest absolute Gasteiger partial charge is 0.461 e. The molecule has 1 amide bonds. The molecule has 1 atom stereocenters. The number of benzene rings is 1. The van der Waals surface area contributed by atoms with E-state index in [1.165, 1.54) is 5.01 Å². The molecule has 7 nitrogen and oxygen atoms in total. The van der Waals surface area contributed by atoms with E-state index in [4.69, 9.17) is 4.74 Å². The monoisotopic (exact) mass is 340 g/mol. The predicted octanol–water partition coefficient (Wildman–Crippen LogP) is 1.75. The second-order valence-corrected chi connectivity index (χ2v) is 6.20. The van der Waals surface area contributed by atoms with E-state index in [0.717, 1.165) is 6.42 Å². The molecule has 1 fully saturated rings. The maximum atomic E-state index is 12.8. The van der Waals surface area contributed by atoms with Gasteiger partial charge in [0.15, 0.2) is 0 Å². The Balaban J connectivity index is 1.83. The van der Waals surface area contributed by atoms with Gasteiger partial charge in [0.1, 0.15) is 17.3 Å². The van der Waals surface area contributed by atoms with Crippen LogP contribution in [-0.2, 0) is 14.3 Å². The van der Waals surface area contributed by atoms with Crippen LogP contribution in [0.4, 0.5) is 5.69 Å². The molecule has 1 saturated carbocycles. The van der Waals surface area contributed by atoms with Gasteiger partial charge >= 0.3 is 5.97 Å². The van der Waals surface area contributed by atoms with E-state index in [1.54, 1.807) is 6.92 Å². The first kappa shape index (κ1) is 17.0. The summed E-state index contributed by atoms with van der Waals surface area (Å²) in [5, 5.41) is 18.0. The summed E-state index contributed by atoms with van der Waals surface area (Å²) in [4.78, 5) is 24.8. The number of anilines is 1. The average molecular weight is 340 g/mol. The van der Waals surface area contributed by atoms with Gasteiger partial charge in [-0.3, -0.25) is 9.80 Å². The minimum atomic E-state index is -0.786. The summed E-state index contributed by atoms with van der Waals surface area (Å²) >= 11 is 0. The second-order valence-electron chi connectivity index (χ2n) is 6.20. The van der Waals surface area contributed by atoms with Crippen molar-refractivity contribution in [3.63, 3.8) is 0 Å². The lowest BCUT2D eigenvalue weighted by atomic mass is 9.78. The molecule has 130 valence electrons. The summed E-state index contributed by atoms with van der Waals surface area (Å²) in [7, 11) is 0. The maximum Gasteiger partial charge on any atom is 0.354 e. The number of nitrogens with zero attached hydrogens (tertiary/aromatic N) is 3. The van der Waals surface area contributed by atoms with Gasteiger partial charge in [-0.2, -0.15) is 10.4 Å². The van der Waals surface area contributed by atoms with Gasteiger partial charge in [0.25, 0.3) is 0 Å². The van der Waals surface area contributed by atoms with E-state index in [-0.39, 0.29) is 24.6 Å². The topological polar surface area (TPSA) is 94.8 Å². The Hall–Kier alpha value is -2.88. The van der Waals surface area contributed by atoms with Crippen LogP contribution in [0.1, 0.15) is 32.6 Å². The number of carbonyl (C=O) groups excluding carboxylic acids is 2. The van der Waals surface area contributed by atoms with Crippen LogP contribution < -0.4 is 10.3 Å². The number of hydrogen-bond donors (Lipinski definition) is 1. The Labute approximate surface area is 146 Å². The number of rotatable bonds is 5. The first-order valence-electron chi connectivity index (χ1n) is 8.41. The van der Waals surface area contributed by atoms with Gasteiger partial charge in [-0.1, -0.05) is 18.2 Å². The van der Waals surface area contributed by atoms with Crippen molar-refractivity contribution in [2.24, 2.45) is 5.10 Å². The highest BCUT2D eigenvalue weighted by Crippen LogP contribution is 2.32. The van der Waals surface area contributed by atoms with Crippen molar-refractivity contribution >= 4 is 23.3 Å². The molecule has 0 bridgehead atoms. The SMILES string of the molecule is CCOC(=O)C1=NN(c2ccccc2)C(C(=O)NC2(C#N)CCC2)C1. The molecule has 1 aliphatic heterocycles. The Bertz CT molecular complexity index is 734. The third-order valence-electron chi connectivity index (χ3n) is 4.53. The number of nitrogens with one attached hydrogen (secondary N) is 1. The van der Waals surface area contributed by atoms with Crippen LogP contribution in [0.3, 0.4) is 0 Å². The molecule has 7 heteroatoms. The summed E-state index contributed by atoms with van der Waals surface area (Å²) in [5.74, 6) is -0.814. The zero-order valence-corrected chi connectivity index (χ0v) is 14.1. The van der Waals surface area contributed by atoms with Crippen molar-refractivity contribution in [3.8, 4) is 6.07 Å². The number of amides is 1. The van der Waals surface area contributed by atoms with E-state index in [9.17, 15) is 14.9 Å². The highest BCUT2D eigenvalue weighted by atomic mass is 16.5. The number of hydrazone groups is 1. The van der Waals surface area contributed by atoms with Crippen molar-refractivity contribution in [2.45, 2.75) is 44.2 Å². The van der Waals surface area contributed by atoms with Crippen LogP contribution in [0.15, 0.2) is 35.4 Å². The second kappa shape index (κ2) is 6.93. The Morgan fingerprint density at radius 2 is 2.12 bits per heavy atom. The molecular weight excluding hydrogens is 320 g/mol. The molecule has 3 rings (SSSR count). The van der Waals surface area contributed by atoms with Crippen LogP contribution >= 0.6 is 0 Å². The molecule has 0 spiro atoms. The molecule has 25 heavy (non-hydrogen) atoms. The number of esters is 1. The summed E-state index contributed by atoms with van der Waals surface area (Å²) in [5.41, 5.74) is 0.138. The third kappa shape index (κ3) is 3.33. The molecule has 1 unspecified atom stereocenters. The van der Waals surface area contributed by atoms with Gasteiger partial charge in [0.05, 0.1) is 18.4 Å². The number of para-hydroxylation sites is 1. The van der Waals surface area contributed by atoms with Crippen molar-refractivity contribution in [1.82, 2.24) is 5.32 Å². The van der Waals surface area contributed by atoms with E-state index >= 15 is 0 Å². The van der Waals surface area contributed by atoms with Crippen LogP contribution in [0.5, 0.6) is 0 Å². The fourth-order valence-corrected chi connectivity index (χ4v) is 2.99. The van der Waals surface area contributed by atoms with Crippen LogP contribution in [0.25, 0.3) is 0 Å². The predicted molar refractivity (Wildman–Crippen MR) is 91.7 cm³/mol. The summed E-state index contributed by atoms with van der Waals surface area (Å²) in [6.07, 6.45) is 2.38. The number of carbonyl (C=O) groups is 2. The van der Waals surface area contributed by atoms with Crippen LogP contribution in [0.2, 0.25) is 0 Å². The minimum Gasteiger partial charge on any atom is -0.461 e. The summed E-state index contributed by atoms with van der Waals surface area (Å²) < 4.78 is 5.01. The molecular formula is C18H20N4O3. The highest BCUT2D eigenvalue weighted by molar-refractivity contribution is 6.38. The fourth-order valence-electron chi connectivity index (χ4n) is 2.99. The van der Waals surface area contributed by atoms with Gasteiger partial charge in [-0.25, -0.2) is 4.79 Å². The molecule has 0 saturated heterocycles. The Morgan fingerprint density at radius 3 is 2.68 bits per heavy atom. The number of nitriles is 1. The maximum absolute atomic E-state index is 12.8. The van der Waals surface area contributed by atoms with Gasteiger partial charge in [0.2, 0.25) is 5.91 Å². The van der Waals surface area contributed by atoms with Crippen molar-refractivity contribution in [2.75, 3.05) is 11.6 Å². The third-order valence-corrected chi connectivity index (χ3v) is 4.53. The molecule has 0 aromatic heterocycles. The lowest BCUT2D eigenvalue weighted by molar-refractivity contribution is -0.135. The van der Waals surface area contributed by atoms with Crippen LogP contribution in [0, 0.1) is 11.3 Å².